The van der Waals surface area contributed by atoms with Crippen molar-refractivity contribution in [1.29, 1.82) is 0 Å². The summed E-state index contributed by atoms with van der Waals surface area (Å²) in [7, 11) is 0. The standard InChI is InChI=1S/C16H24N2O2S/c1-4-13(5-2)18-16(19)11(3)20-14-8-6-12(7-9-14)10-15(17)21/h6-9,11,13H,4-5,10H2,1-3H3,(H2,17,21)(H,18,19). The largest absolute Gasteiger partial charge is 0.481 e. The lowest BCUT2D eigenvalue weighted by atomic mass is 10.1. The third kappa shape index (κ3) is 6.12. The van der Waals surface area contributed by atoms with E-state index in [0.29, 0.717) is 17.2 Å². The average Bonchev–Trinajstić information content (AvgIpc) is 2.45. The molecule has 0 saturated heterocycles. The van der Waals surface area contributed by atoms with Crippen molar-refractivity contribution >= 4 is 23.1 Å². The van der Waals surface area contributed by atoms with Crippen LogP contribution in [0.4, 0.5) is 0 Å². The summed E-state index contributed by atoms with van der Waals surface area (Å²) in [4.78, 5) is 12.5. The van der Waals surface area contributed by atoms with Gasteiger partial charge in [-0.2, -0.15) is 0 Å². The molecule has 1 aromatic carbocycles. The van der Waals surface area contributed by atoms with E-state index in [1.165, 1.54) is 0 Å². The van der Waals surface area contributed by atoms with E-state index in [1.807, 2.05) is 24.3 Å². The zero-order valence-electron chi connectivity index (χ0n) is 12.9. The first-order valence-electron chi connectivity index (χ1n) is 7.30. The number of hydrogen-bond donors (Lipinski definition) is 2. The van der Waals surface area contributed by atoms with Gasteiger partial charge >= 0.3 is 0 Å². The molecule has 0 radical (unpaired) electrons. The Labute approximate surface area is 132 Å². The van der Waals surface area contributed by atoms with Crippen LogP contribution in [0.3, 0.4) is 0 Å². The van der Waals surface area contributed by atoms with Crippen LogP contribution in [0.1, 0.15) is 39.2 Å². The molecule has 1 atom stereocenters. The van der Waals surface area contributed by atoms with Gasteiger partial charge in [-0.25, -0.2) is 0 Å². The Balaban J connectivity index is 2.55. The van der Waals surface area contributed by atoms with Crippen LogP contribution in [-0.2, 0) is 11.2 Å². The monoisotopic (exact) mass is 308 g/mol. The van der Waals surface area contributed by atoms with Gasteiger partial charge in [0.05, 0.1) is 4.99 Å². The molecule has 0 spiro atoms. The summed E-state index contributed by atoms with van der Waals surface area (Å²) in [5.41, 5.74) is 6.53. The van der Waals surface area contributed by atoms with Crippen molar-refractivity contribution in [2.24, 2.45) is 5.73 Å². The van der Waals surface area contributed by atoms with E-state index in [1.54, 1.807) is 6.92 Å². The molecular formula is C16H24N2O2S. The van der Waals surface area contributed by atoms with Gasteiger partial charge in [-0.05, 0) is 37.5 Å². The highest BCUT2D eigenvalue weighted by atomic mass is 32.1. The van der Waals surface area contributed by atoms with Crippen LogP contribution >= 0.6 is 12.2 Å². The predicted octanol–water partition coefficient (Wildman–Crippen LogP) is 2.59. The van der Waals surface area contributed by atoms with Gasteiger partial charge in [-0.3, -0.25) is 4.79 Å². The van der Waals surface area contributed by atoms with E-state index >= 15 is 0 Å². The molecule has 0 aliphatic rings. The second kappa shape index (κ2) is 8.62. The molecule has 21 heavy (non-hydrogen) atoms. The highest BCUT2D eigenvalue weighted by molar-refractivity contribution is 7.80. The number of carbonyl (C=O) groups is 1. The predicted molar refractivity (Wildman–Crippen MR) is 89.5 cm³/mol. The zero-order valence-corrected chi connectivity index (χ0v) is 13.7. The number of carbonyl (C=O) groups excluding carboxylic acids is 1. The van der Waals surface area contributed by atoms with Gasteiger partial charge in [0, 0.05) is 12.5 Å². The normalized spacial score (nSPS) is 12.0. The molecule has 5 heteroatoms. The molecule has 4 nitrogen and oxygen atoms in total. The molecule has 0 bridgehead atoms. The molecular weight excluding hydrogens is 284 g/mol. The minimum absolute atomic E-state index is 0.0871. The van der Waals surface area contributed by atoms with E-state index < -0.39 is 6.10 Å². The Kier molecular flexibility index (Phi) is 7.15. The fraction of sp³-hybridized carbons (Fsp3) is 0.500. The van der Waals surface area contributed by atoms with Crippen molar-refractivity contribution in [3.63, 3.8) is 0 Å². The quantitative estimate of drug-likeness (QED) is 0.725. The lowest BCUT2D eigenvalue weighted by molar-refractivity contribution is -0.128. The first-order chi connectivity index (χ1) is 9.96. The van der Waals surface area contributed by atoms with Crippen LogP contribution in [0.2, 0.25) is 0 Å². The average molecular weight is 308 g/mol. The fourth-order valence-corrected chi connectivity index (χ4v) is 2.12. The summed E-state index contributed by atoms with van der Waals surface area (Å²) in [6.07, 6.45) is 1.89. The maximum absolute atomic E-state index is 12.0. The molecule has 0 fully saturated rings. The summed E-state index contributed by atoms with van der Waals surface area (Å²) >= 11 is 4.87. The first-order valence-corrected chi connectivity index (χ1v) is 7.71. The van der Waals surface area contributed by atoms with Crippen LogP contribution in [-0.4, -0.2) is 23.0 Å². The van der Waals surface area contributed by atoms with Crippen molar-refractivity contribution in [1.82, 2.24) is 5.32 Å². The smallest absolute Gasteiger partial charge is 0.260 e. The van der Waals surface area contributed by atoms with Gasteiger partial charge in [0.2, 0.25) is 0 Å². The Bertz CT molecular complexity index is 470. The number of benzene rings is 1. The van der Waals surface area contributed by atoms with E-state index in [2.05, 4.69) is 19.2 Å². The molecule has 0 aliphatic heterocycles. The number of amides is 1. The molecule has 0 aliphatic carbocycles. The highest BCUT2D eigenvalue weighted by Crippen LogP contribution is 2.14. The summed E-state index contributed by atoms with van der Waals surface area (Å²) in [6, 6.07) is 7.67. The minimum Gasteiger partial charge on any atom is -0.481 e. The van der Waals surface area contributed by atoms with Crippen LogP contribution in [0, 0.1) is 0 Å². The molecule has 1 amide bonds. The molecule has 3 N–H and O–H groups in total. The van der Waals surface area contributed by atoms with E-state index in [4.69, 9.17) is 22.7 Å². The highest BCUT2D eigenvalue weighted by Gasteiger charge is 2.17. The second-order valence-electron chi connectivity index (χ2n) is 5.07. The van der Waals surface area contributed by atoms with Crippen molar-refractivity contribution in [2.75, 3.05) is 0 Å². The van der Waals surface area contributed by atoms with Crippen LogP contribution in [0.25, 0.3) is 0 Å². The lowest BCUT2D eigenvalue weighted by Gasteiger charge is -2.19. The Morgan fingerprint density at radius 3 is 2.33 bits per heavy atom. The summed E-state index contributed by atoms with van der Waals surface area (Å²) in [6.45, 7) is 5.86. The molecule has 1 rings (SSSR count). The van der Waals surface area contributed by atoms with Gasteiger partial charge in [0.15, 0.2) is 6.10 Å². The summed E-state index contributed by atoms with van der Waals surface area (Å²) in [5, 5.41) is 2.98. The molecule has 0 aromatic heterocycles. The van der Waals surface area contributed by atoms with Crippen LogP contribution < -0.4 is 15.8 Å². The molecule has 116 valence electrons. The number of hydrogen-bond acceptors (Lipinski definition) is 3. The van der Waals surface area contributed by atoms with Gasteiger partial charge in [0.25, 0.3) is 5.91 Å². The SMILES string of the molecule is CCC(CC)NC(=O)C(C)Oc1ccc(CC(N)=S)cc1. The maximum Gasteiger partial charge on any atom is 0.260 e. The van der Waals surface area contributed by atoms with Gasteiger partial charge < -0.3 is 15.8 Å². The summed E-state index contributed by atoms with van der Waals surface area (Å²) < 4.78 is 5.65. The number of ether oxygens (including phenoxy) is 1. The third-order valence-electron chi connectivity index (χ3n) is 3.32. The van der Waals surface area contributed by atoms with Crippen molar-refractivity contribution < 1.29 is 9.53 Å². The lowest BCUT2D eigenvalue weighted by Crippen LogP contribution is -2.42. The third-order valence-corrected chi connectivity index (χ3v) is 3.46. The molecule has 0 heterocycles. The van der Waals surface area contributed by atoms with Gasteiger partial charge in [-0.15, -0.1) is 0 Å². The Hall–Kier alpha value is -1.62. The van der Waals surface area contributed by atoms with Crippen LogP contribution in [0.15, 0.2) is 24.3 Å². The number of rotatable bonds is 8. The van der Waals surface area contributed by atoms with Crippen LogP contribution in [0.5, 0.6) is 5.75 Å². The second-order valence-corrected chi connectivity index (χ2v) is 5.59. The van der Waals surface area contributed by atoms with Crippen molar-refractivity contribution in [3.8, 4) is 5.75 Å². The van der Waals surface area contributed by atoms with Crippen molar-refractivity contribution in [3.05, 3.63) is 29.8 Å². The molecule has 0 saturated carbocycles. The van der Waals surface area contributed by atoms with E-state index in [0.717, 1.165) is 18.4 Å². The number of nitrogens with two attached hydrogens (primary N) is 1. The molecule has 1 aromatic rings. The van der Waals surface area contributed by atoms with Gasteiger partial charge in [0.1, 0.15) is 5.75 Å². The number of nitrogens with one attached hydrogen (secondary N) is 1. The maximum atomic E-state index is 12.0. The fourth-order valence-electron chi connectivity index (χ4n) is 1.96. The van der Waals surface area contributed by atoms with Gasteiger partial charge in [-0.1, -0.05) is 38.2 Å². The van der Waals surface area contributed by atoms with E-state index in [-0.39, 0.29) is 11.9 Å². The topological polar surface area (TPSA) is 64.3 Å². The first kappa shape index (κ1) is 17.4. The number of thiocarbonyl (C=S) groups is 1. The Morgan fingerprint density at radius 2 is 1.86 bits per heavy atom. The minimum atomic E-state index is -0.521. The summed E-state index contributed by atoms with van der Waals surface area (Å²) in [5.74, 6) is 0.574. The van der Waals surface area contributed by atoms with E-state index in [9.17, 15) is 4.79 Å². The molecule has 1 unspecified atom stereocenters. The zero-order chi connectivity index (χ0) is 15.8. The van der Waals surface area contributed by atoms with Crippen molar-refractivity contribution in [2.45, 2.75) is 52.2 Å². The Morgan fingerprint density at radius 1 is 1.29 bits per heavy atom.